The van der Waals surface area contributed by atoms with Crippen molar-refractivity contribution in [3.63, 3.8) is 0 Å². The van der Waals surface area contributed by atoms with Crippen molar-refractivity contribution in [1.82, 2.24) is 0 Å². The second-order valence-corrected chi connectivity index (χ2v) is 2.48. The average Bonchev–Trinajstić information content (AvgIpc) is 2.04. The van der Waals surface area contributed by atoms with Crippen molar-refractivity contribution in [2.45, 2.75) is 0 Å². The average molecular weight is 187 g/mol. The summed E-state index contributed by atoms with van der Waals surface area (Å²) in [4.78, 5) is 14.5. The third-order valence-electron chi connectivity index (χ3n) is 1.18. The molecule has 0 aromatic heterocycles. The van der Waals surface area contributed by atoms with Crippen molar-refractivity contribution in [1.29, 1.82) is 0 Å². The first-order chi connectivity index (χ1) is 5.72. The molecule has 0 fully saturated rings. The minimum atomic E-state index is -0.725. The first kappa shape index (κ1) is 8.83. The Morgan fingerprint density at radius 3 is 2.92 bits per heavy atom. The highest BCUT2D eigenvalue weighted by atomic mass is 35.5. The highest BCUT2D eigenvalue weighted by Crippen LogP contribution is 2.14. The van der Waals surface area contributed by atoms with Crippen molar-refractivity contribution in [3.05, 3.63) is 29.3 Å². The molecule has 0 unspecified atom stereocenters. The molecule has 0 aliphatic rings. The maximum Gasteiger partial charge on any atom is 0.430 e. The topological polar surface area (TPSA) is 64.3 Å². The zero-order valence-corrected chi connectivity index (χ0v) is 6.84. The number of halogens is 1. The lowest BCUT2D eigenvalue weighted by molar-refractivity contribution is 0.163. The molecule has 0 aliphatic carbocycles. The minimum absolute atomic E-state index is 0.532. The van der Waals surface area contributed by atoms with Crippen LogP contribution in [-0.4, -0.2) is 6.09 Å². The van der Waals surface area contributed by atoms with E-state index in [0.717, 1.165) is 0 Å². The molecule has 4 nitrogen and oxygen atoms in total. The van der Waals surface area contributed by atoms with Crippen LogP contribution in [0.1, 0.15) is 0 Å². The van der Waals surface area contributed by atoms with Gasteiger partial charge < -0.3 is 4.84 Å². The first-order valence-electron chi connectivity index (χ1n) is 3.15. The predicted molar refractivity (Wildman–Crippen MR) is 45.7 cm³/mol. The fraction of sp³-hybridized carbons (Fsp3) is 0. The van der Waals surface area contributed by atoms with Gasteiger partial charge in [0.1, 0.15) is 0 Å². The summed E-state index contributed by atoms with van der Waals surface area (Å²) in [6.45, 7) is 0. The summed E-state index contributed by atoms with van der Waals surface area (Å²) in [6, 6.07) is 6.65. The van der Waals surface area contributed by atoms with E-state index in [1.54, 1.807) is 24.3 Å². The van der Waals surface area contributed by atoms with E-state index in [1.807, 2.05) is 0 Å². The van der Waals surface area contributed by atoms with Gasteiger partial charge in [-0.3, -0.25) is 5.32 Å². The molecule has 1 rings (SSSR count). The van der Waals surface area contributed by atoms with Crippen LogP contribution in [0.2, 0.25) is 5.02 Å². The van der Waals surface area contributed by atoms with Crippen molar-refractivity contribution >= 4 is 23.4 Å². The molecular weight excluding hydrogens is 180 g/mol. The first-order valence-corrected chi connectivity index (χ1v) is 3.53. The van der Waals surface area contributed by atoms with Gasteiger partial charge in [0.2, 0.25) is 0 Å². The lowest BCUT2D eigenvalue weighted by Crippen LogP contribution is -2.17. The van der Waals surface area contributed by atoms with Gasteiger partial charge in [0, 0.05) is 10.7 Å². The molecule has 12 heavy (non-hydrogen) atoms. The quantitative estimate of drug-likeness (QED) is 0.657. The van der Waals surface area contributed by atoms with Crippen LogP contribution in [0, 0.1) is 0 Å². The number of nitrogens with two attached hydrogens (primary N) is 1. The van der Waals surface area contributed by atoms with E-state index in [9.17, 15) is 4.79 Å². The maximum absolute atomic E-state index is 10.6. The molecule has 1 amide bonds. The van der Waals surface area contributed by atoms with E-state index in [-0.39, 0.29) is 0 Å². The second-order valence-electron chi connectivity index (χ2n) is 2.04. The molecule has 0 heterocycles. The smallest absolute Gasteiger partial charge is 0.357 e. The van der Waals surface area contributed by atoms with E-state index in [1.165, 1.54) is 0 Å². The Kier molecular flexibility index (Phi) is 2.90. The molecule has 5 heteroatoms. The summed E-state index contributed by atoms with van der Waals surface area (Å²) in [6.07, 6.45) is -0.725. The van der Waals surface area contributed by atoms with E-state index >= 15 is 0 Å². The lowest BCUT2D eigenvalue weighted by atomic mass is 10.3. The highest BCUT2D eigenvalue weighted by molar-refractivity contribution is 6.30. The number of benzene rings is 1. The van der Waals surface area contributed by atoms with Gasteiger partial charge in [-0.1, -0.05) is 17.7 Å². The predicted octanol–water partition coefficient (Wildman–Crippen LogP) is 1.76. The van der Waals surface area contributed by atoms with Gasteiger partial charge in [0.05, 0.1) is 0 Å². The summed E-state index contributed by atoms with van der Waals surface area (Å²) >= 11 is 5.65. The van der Waals surface area contributed by atoms with Crippen LogP contribution in [0.15, 0.2) is 24.3 Å². The monoisotopic (exact) mass is 186 g/mol. The largest absolute Gasteiger partial charge is 0.430 e. The molecule has 0 atom stereocenters. The Bertz CT molecular complexity index is 290. The molecule has 0 radical (unpaired) electrons. The van der Waals surface area contributed by atoms with E-state index < -0.39 is 6.09 Å². The fourth-order valence-corrected chi connectivity index (χ4v) is 0.904. The molecule has 64 valence electrons. The van der Waals surface area contributed by atoms with Crippen LogP contribution in [0.5, 0.6) is 0 Å². The van der Waals surface area contributed by atoms with Gasteiger partial charge >= 0.3 is 6.09 Å². The molecule has 1 aromatic carbocycles. The number of carbonyl (C=O) groups excluding carboxylic acids is 1. The Morgan fingerprint density at radius 2 is 2.33 bits per heavy atom. The number of hydrogen-bond acceptors (Lipinski definition) is 3. The Labute approximate surface area is 74.2 Å². The molecule has 3 N–H and O–H groups in total. The SMILES string of the molecule is NOC(=O)Nc1cccc(Cl)c1. The molecule has 0 aliphatic heterocycles. The number of amides is 1. The summed E-state index contributed by atoms with van der Waals surface area (Å²) in [5, 5.41) is 2.89. The minimum Gasteiger partial charge on any atom is -0.357 e. The Balaban J connectivity index is 2.69. The maximum atomic E-state index is 10.6. The number of anilines is 1. The molecule has 1 aromatic rings. The van der Waals surface area contributed by atoms with Crippen LogP contribution in [0.25, 0.3) is 0 Å². The summed E-state index contributed by atoms with van der Waals surface area (Å²) in [5.74, 6) is 4.61. The van der Waals surface area contributed by atoms with Crippen molar-refractivity contribution < 1.29 is 9.63 Å². The summed E-state index contributed by atoms with van der Waals surface area (Å²) in [7, 11) is 0. The van der Waals surface area contributed by atoms with Crippen molar-refractivity contribution in [2.24, 2.45) is 5.90 Å². The van der Waals surface area contributed by atoms with Gasteiger partial charge in [0.25, 0.3) is 0 Å². The molecule has 0 saturated heterocycles. The number of nitrogens with one attached hydrogen (secondary N) is 1. The van der Waals surface area contributed by atoms with Crippen LogP contribution in [-0.2, 0) is 4.84 Å². The molecule has 0 bridgehead atoms. The summed E-state index contributed by atoms with van der Waals surface area (Å²) < 4.78 is 0. The number of carbonyl (C=O) groups is 1. The van der Waals surface area contributed by atoms with Gasteiger partial charge in [-0.25, -0.2) is 4.79 Å². The number of rotatable bonds is 1. The normalized spacial score (nSPS) is 9.17. The third-order valence-corrected chi connectivity index (χ3v) is 1.41. The van der Waals surface area contributed by atoms with Crippen LogP contribution in [0.4, 0.5) is 10.5 Å². The molecule has 0 spiro atoms. The number of hydrogen-bond donors (Lipinski definition) is 2. The second kappa shape index (κ2) is 3.94. The van der Waals surface area contributed by atoms with E-state index in [4.69, 9.17) is 11.6 Å². The summed E-state index contributed by atoms with van der Waals surface area (Å²) in [5.41, 5.74) is 0.540. The fourth-order valence-electron chi connectivity index (χ4n) is 0.714. The Hall–Kier alpha value is -1.26. The molecule has 0 saturated carbocycles. The Morgan fingerprint density at radius 1 is 1.58 bits per heavy atom. The standard InChI is InChI=1S/C7H7ClN2O2/c8-5-2-1-3-6(4-5)10-7(11)12-9/h1-4H,9H2,(H,10,11). The van der Waals surface area contributed by atoms with Crippen molar-refractivity contribution in [3.8, 4) is 0 Å². The van der Waals surface area contributed by atoms with E-state index in [0.29, 0.717) is 10.7 Å². The third kappa shape index (κ3) is 2.41. The van der Waals surface area contributed by atoms with Gasteiger partial charge in [-0.05, 0) is 18.2 Å². The van der Waals surface area contributed by atoms with Gasteiger partial charge in [0.15, 0.2) is 0 Å². The lowest BCUT2D eigenvalue weighted by Gasteiger charge is -2.01. The zero-order chi connectivity index (χ0) is 8.97. The molecular formula is C7H7ClN2O2. The van der Waals surface area contributed by atoms with Crippen LogP contribution < -0.4 is 11.2 Å². The van der Waals surface area contributed by atoms with Crippen molar-refractivity contribution in [2.75, 3.05) is 5.32 Å². The van der Waals surface area contributed by atoms with Crippen LogP contribution in [0.3, 0.4) is 0 Å². The zero-order valence-electron chi connectivity index (χ0n) is 6.08. The van der Waals surface area contributed by atoms with Gasteiger partial charge in [-0.15, -0.1) is 0 Å². The van der Waals surface area contributed by atoms with Gasteiger partial charge in [-0.2, -0.15) is 5.90 Å². The highest BCUT2D eigenvalue weighted by Gasteiger charge is 1.99. The van der Waals surface area contributed by atoms with E-state index in [2.05, 4.69) is 16.1 Å². The van der Waals surface area contributed by atoms with Crippen LogP contribution >= 0.6 is 11.6 Å².